The van der Waals surface area contributed by atoms with Crippen molar-refractivity contribution in [3.05, 3.63) is 0 Å². The molecule has 1 aliphatic rings. The molecule has 1 saturated heterocycles. The molecule has 4 N–H and O–H groups in total. The SMILES string of the molecule is CCN(CC)C(N)=S.S=C1NCCN1. The number of hydrogen-bond acceptors (Lipinski definition) is 2. The molecule has 1 rings (SSSR count). The van der Waals surface area contributed by atoms with Crippen molar-refractivity contribution in [2.24, 2.45) is 5.73 Å². The highest BCUT2D eigenvalue weighted by molar-refractivity contribution is 7.80. The average molecular weight is 234 g/mol. The molecule has 0 aromatic heterocycles. The fourth-order valence-electron chi connectivity index (χ4n) is 0.950. The second-order valence-electron chi connectivity index (χ2n) is 2.69. The van der Waals surface area contributed by atoms with Gasteiger partial charge in [-0.25, -0.2) is 0 Å². The molecule has 0 aromatic carbocycles. The molecule has 0 radical (unpaired) electrons. The molecule has 1 heterocycles. The number of rotatable bonds is 2. The van der Waals surface area contributed by atoms with Crippen LogP contribution >= 0.6 is 24.4 Å². The normalized spacial score (nSPS) is 13.4. The second-order valence-corrected chi connectivity index (χ2v) is 3.52. The lowest BCUT2D eigenvalue weighted by Crippen LogP contribution is -2.34. The first-order valence-corrected chi connectivity index (χ1v) is 5.49. The molecule has 1 fully saturated rings. The van der Waals surface area contributed by atoms with Gasteiger partial charge in [0.15, 0.2) is 10.2 Å². The summed E-state index contributed by atoms with van der Waals surface area (Å²) in [5, 5.41) is 7.16. The predicted molar refractivity (Wildman–Crippen MR) is 68.3 cm³/mol. The molecule has 0 unspecified atom stereocenters. The third-order valence-corrected chi connectivity index (χ3v) is 2.32. The largest absolute Gasteiger partial charge is 0.376 e. The van der Waals surface area contributed by atoms with E-state index in [2.05, 4.69) is 10.6 Å². The third kappa shape index (κ3) is 5.93. The van der Waals surface area contributed by atoms with Gasteiger partial charge in [0, 0.05) is 26.2 Å². The van der Waals surface area contributed by atoms with Crippen molar-refractivity contribution in [2.45, 2.75) is 13.8 Å². The molecule has 0 aliphatic carbocycles. The van der Waals surface area contributed by atoms with Gasteiger partial charge in [-0.1, -0.05) is 0 Å². The second kappa shape index (κ2) is 7.75. The average Bonchev–Trinajstić information content (AvgIpc) is 2.58. The maximum Gasteiger partial charge on any atom is 0.166 e. The zero-order valence-corrected chi connectivity index (χ0v) is 10.3. The third-order valence-electron chi connectivity index (χ3n) is 1.77. The van der Waals surface area contributed by atoms with Crippen molar-refractivity contribution in [1.82, 2.24) is 15.5 Å². The van der Waals surface area contributed by atoms with Crippen LogP contribution in [0, 0.1) is 0 Å². The Morgan fingerprint density at radius 3 is 1.86 bits per heavy atom. The van der Waals surface area contributed by atoms with Gasteiger partial charge in [-0.15, -0.1) is 0 Å². The van der Waals surface area contributed by atoms with Crippen molar-refractivity contribution in [3.8, 4) is 0 Å². The molecular formula is C8H18N4S2. The highest BCUT2D eigenvalue weighted by atomic mass is 32.1. The van der Waals surface area contributed by atoms with Gasteiger partial charge in [-0.2, -0.15) is 0 Å². The van der Waals surface area contributed by atoms with E-state index in [1.54, 1.807) is 0 Å². The highest BCUT2D eigenvalue weighted by Gasteiger charge is 1.98. The van der Waals surface area contributed by atoms with Gasteiger partial charge in [0.2, 0.25) is 0 Å². The van der Waals surface area contributed by atoms with E-state index in [1.807, 2.05) is 18.7 Å². The Morgan fingerprint density at radius 1 is 1.36 bits per heavy atom. The number of nitrogens with zero attached hydrogens (tertiary/aromatic N) is 1. The van der Waals surface area contributed by atoms with E-state index in [9.17, 15) is 0 Å². The predicted octanol–water partition coefficient (Wildman–Crippen LogP) is 0.0359. The zero-order valence-electron chi connectivity index (χ0n) is 8.67. The minimum absolute atomic E-state index is 0.495. The Balaban J connectivity index is 0.000000249. The zero-order chi connectivity index (χ0) is 11.0. The van der Waals surface area contributed by atoms with Crippen molar-refractivity contribution in [2.75, 3.05) is 26.2 Å². The fraction of sp³-hybridized carbons (Fsp3) is 0.750. The van der Waals surface area contributed by atoms with Crippen molar-refractivity contribution < 1.29 is 0 Å². The Bertz CT molecular complexity index is 184. The molecule has 82 valence electrons. The Kier molecular flexibility index (Phi) is 7.41. The van der Waals surface area contributed by atoms with Crippen LogP contribution in [0.2, 0.25) is 0 Å². The van der Waals surface area contributed by atoms with Crippen LogP contribution in [-0.4, -0.2) is 41.3 Å². The van der Waals surface area contributed by atoms with E-state index in [0.29, 0.717) is 5.11 Å². The maximum atomic E-state index is 5.32. The first-order chi connectivity index (χ1) is 6.61. The van der Waals surface area contributed by atoms with Crippen LogP contribution in [-0.2, 0) is 0 Å². The number of nitrogens with two attached hydrogens (primary N) is 1. The molecule has 14 heavy (non-hydrogen) atoms. The smallest absolute Gasteiger partial charge is 0.166 e. The van der Waals surface area contributed by atoms with E-state index in [1.165, 1.54) is 0 Å². The van der Waals surface area contributed by atoms with Crippen molar-refractivity contribution in [1.29, 1.82) is 0 Å². The van der Waals surface area contributed by atoms with Crippen molar-refractivity contribution in [3.63, 3.8) is 0 Å². The Morgan fingerprint density at radius 2 is 1.79 bits per heavy atom. The van der Waals surface area contributed by atoms with Crippen LogP contribution in [0.3, 0.4) is 0 Å². The molecule has 0 aromatic rings. The van der Waals surface area contributed by atoms with Gasteiger partial charge in [-0.3, -0.25) is 0 Å². The summed E-state index contributed by atoms with van der Waals surface area (Å²) in [5.41, 5.74) is 5.32. The lowest BCUT2D eigenvalue weighted by Gasteiger charge is -2.17. The van der Waals surface area contributed by atoms with Crippen molar-refractivity contribution >= 4 is 34.7 Å². The molecule has 1 aliphatic heterocycles. The standard InChI is InChI=1S/C5H12N2S.C3H6N2S/c1-3-7(4-2)5(6)8;6-3-4-1-2-5-3/h3-4H2,1-2H3,(H2,6,8);1-2H2,(H2,4,5,6). The molecule has 6 heteroatoms. The summed E-state index contributed by atoms with van der Waals surface area (Å²) in [6.45, 7) is 7.85. The summed E-state index contributed by atoms with van der Waals surface area (Å²) in [6.07, 6.45) is 0. The van der Waals surface area contributed by atoms with E-state index < -0.39 is 0 Å². The first kappa shape index (κ1) is 13.4. The topological polar surface area (TPSA) is 53.3 Å². The highest BCUT2D eigenvalue weighted by Crippen LogP contribution is 1.83. The maximum absolute atomic E-state index is 5.32. The van der Waals surface area contributed by atoms with Gasteiger partial charge in [-0.05, 0) is 38.3 Å². The molecule has 0 atom stereocenters. The van der Waals surface area contributed by atoms with Crippen LogP contribution in [0.1, 0.15) is 13.8 Å². The summed E-state index contributed by atoms with van der Waals surface area (Å²) < 4.78 is 0. The monoisotopic (exact) mass is 234 g/mol. The molecule has 0 spiro atoms. The number of hydrogen-bond donors (Lipinski definition) is 3. The first-order valence-electron chi connectivity index (χ1n) is 4.67. The van der Waals surface area contributed by atoms with E-state index in [0.717, 1.165) is 31.3 Å². The molecule has 0 amide bonds. The molecular weight excluding hydrogens is 216 g/mol. The van der Waals surface area contributed by atoms with E-state index in [4.69, 9.17) is 30.2 Å². The summed E-state index contributed by atoms with van der Waals surface area (Å²) >= 11 is 9.42. The minimum atomic E-state index is 0.495. The quantitative estimate of drug-likeness (QED) is 0.587. The molecule has 0 bridgehead atoms. The van der Waals surface area contributed by atoms with Gasteiger partial charge in [0.1, 0.15) is 0 Å². The summed E-state index contributed by atoms with van der Waals surface area (Å²) in [7, 11) is 0. The molecule has 4 nitrogen and oxygen atoms in total. The van der Waals surface area contributed by atoms with Crippen LogP contribution in [0.25, 0.3) is 0 Å². The Hall–Kier alpha value is -0.620. The summed E-state index contributed by atoms with van der Waals surface area (Å²) in [4.78, 5) is 1.93. The van der Waals surface area contributed by atoms with Crippen LogP contribution < -0.4 is 16.4 Å². The van der Waals surface area contributed by atoms with Gasteiger partial charge in [0.05, 0.1) is 0 Å². The fourth-order valence-corrected chi connectivity index (χ4v) is 1.41. The van der Waals surface area contributed by atoms with E-state index >= 15 is 0 Å². The van der Waals surface area contributed by atoms with Gasteiger partial charge < -0.3 is 21.3 Å². The number of thiocarbonyl (C=S) groups is 2. The summed E-state index contributed by atoms with van der Waals surface area (Å²) in [6, 6.07) is 0. The van der Waals surface area contributed by atoms with E-state index in [-0.39, 0.29) is 0 Å². The Labute approximate surface area is 96.2 Å². The van der Waals surface area contributed by atoms with Crippen LogP contribution in [0.5, 0.6) is 0 Å². The lowest BCUT2D eigenvalue weighted by atomic mass is 10.6. The lowest BCUT2D eigenvalue weighted by molar-refractivity contribution is 0.469. The molecule has 0 saturated carbocycles. The number of nitrogens with one attached hydrogen (secondary N) is 2. The van der Waals surface area contributed by atoms with Crippen LogP contribution in [0.4, 0.5) is 0 Å². The minimum Gasteiger partial charge on any atom is -0.376 e. The van der Waals surface area contributed by atoms with Gasteiger partial charge >= 0.3 is 0 Å². The summed E-state index contributed by atoms with van der Waals surface area (Å²) in [5.74, 6) is 0. The van der Waals surface area contributed by atoms with Gasteiger partial charge in [0.25, 0.3) is 0 Å². The van der Waals surface area contributed by atoms with Crippen LogP contribution in [0.15, 0.2) is 0 Å².